The molecule has 0 amide bonds. The average Bonchev–Trinajstić information content (AvgIpc) is 1.81. The Morgan fingerprint density at radius 3 is 2.55 bits per heavy atom. The molecule has 0 radical (unpaired) electrons. The molecule has 0 aromatic rings. The van der Waals surface area contributed by atoms with Crippen LogP contribution in [0, 0.1) is 0 Å². The monoisotopic (exact) mass is 181 g/mol. The average molecular weight is 181 g/mol. The van der Waals surface area contributed by atoms with Gasteiger partial charge in [-0.05, 0) is 6.42 Å². The SMILES string of the molecule is CCCOP(N)(=O)OC(C)=O. The summed E-state index contributed by atoms with van der Waals surface area (Å²) in [6, 6.07) is 0. The smallest absolute Gasteiger partial charge is 0.380 e. The molecule has 5 nitrogen and oxygen atoms in total. The molecule has 0 aromatic heterocycles. The maximum atomic E-state index is 10.9. The second kappa shape index (κ2) is 4.49. The van der Waals surface area contributed by atoms with Gasteiger partial charge < -0.3 is 4.52 Å². The lowest BCUT2D eigenvalue weighted by Crippen LogP contribution is -2.07. The Labute approximate surface area is 65.4 Å². The van der Waals surface area contributed by atoms with Crippen molar-refractivity contribution in [3.8, 4) is 0 Å². The van der Waals surface area contributed by atoms with Gasteiger partial charge in [0.1, 0.15) is 0 Å². The molecule has 0 bridgehead atoms. The van der Waals surface area contributed by atoms with E-state index in [1.165, 1.54) is 0 Å². The van der Waals surface area contributed by atoms with Gasteiger partial charge in [-0.3, -0.25) is 9.32 Å². The van der Waals surface area contributed by atoms with E-state index in [-0.39, 0.29) is 6.61 Å². The van der Waals surface area contributed by atoms with E-state index < -0.39 is 13.7 Å². The molecular formula is C5H12NO4P. The highest BCUT2D eigenvalue weighted by Gasteiger charge is 2.20. The first-order valence-electron chi connectivity index (χ1n) is 3.21. The van der Waals surface area contributed by atoms with Crippen LogP contribution < -0.4 is 5.50 Å². The van der Waals surface area contributed by atoms with Gasteiger partial charge in [-0.1, -0.05) is 6.92 Å². The number of nitrogens with two attached hydrogens (primary N) is 1. The van der Waals surface area contributed by atoms with Crippen molar-refractivity contribution in [1.29, 1.82) is 0 Å². The van der Waals surface area contributed by atoms with Crippen LogP contribution in [0.3, 0.4) is 0 Å². The van der Waals surface area contributed by atoms with Crippen molar-refractivity contribution in [2.24, 2.45) is 5.50 Å². The Bertz CT molecular complexity index is 181. The van der Waals surface area contributed by atoms with Crippen molar-refractivity contribution >= 4 is 13.7 Å². The Morgan fingerprint density at radius 2 is 2.18 bits per heavy atom. The first-order chi connectivity index (χ1) is 4.98. The molecule has 6 heteroatoms. The largest absolute Gasteiger partial charge is 0.458 e. The lowest BCUT2D eigenvalue weighted by molar-refractivity contribution is -0.132. The summed E-state index contributed by atoms with van der Waals surface area (Å²) in [7, 11) is -3.61. The first kappa shape index (κ1) is 10.6. The highest BCUT2D eigenvalue weighted by atomic mass is 31.2. The number of hydrogen-bond donors (Lipinski definition) is 1. The van der Waals surface area contributed by atoms with Crippen LogP contribution >= 0.6 is 7.75 Å². The van der Waals surface area contributed by atoms with Gasteiger partial charge in [-0.2, -0.15) is 0 Å². The standard InChI is InChI=1S/C5H12NO4P/c1-3-4-9-11(6,8)10-5(2)7/h3-4H2,1-2H3,(H2,6,8). The van der Waals surface area contributed by atoms with Gasteiger partial charge in [-0.15, -0.1) is 0 Å². The van der Waals surface area contributed by atoms with E-state index in [4.69, 9.17) is 5.50 Å². The third kappa shape index (κ3) is 6.04. The van der Waals surface area contributed by atoms with Gasteiger partial charge in [0.2, 0.25) is 0 Å². The summed E-state index contributed by atoms with van der Waals surface area (Å²) in [6.45, 7) is 3.17. The first-order valence-corrected chi connectivity index (χ1v) is 4.82. The van der Waals surface area contributed by atoms with Gasteiger partial charge in [0.05, 0.1) is 6.61 Å². The fourth-order valence-electron chi connectivity index (χ4n) is 0.424. The molecule has 0 saturated heterocycles. The minimum Gasteiger partial charge on any atom is -0.380 e. The third-order valence-electron chi connectivity index (χ3n) is 0.731. The predicted molar refractivity (Wildman–Crippen MR) is 39.8 cm³/mol. The molecule has 1 atom stereocenters. The van der Waals surface area contributed by atoms with Crippen LogP contribution in [0.5, 0.6) is 0 Å². The van der Waals surface area contributed by atoms with Crippen LogP contribution in [0.1, 0.15) is 20.3 Å². The minimum absolute atomic E-state index is 0.223. The number of rotatable bonds is 4. The molecule has 2 N–H and O–H groups in total. The molecule has 0 rings (SSSR count). The summed E-state index contributed by atoms with van der Waals surface area (Å²) in [4.78, 5) is 10.3. The third-order valence-corrected chi connectivity index (χ3v) is 1.79. The molecule has 0 saturated carbocycles. The highest BCUT2D eigenvalue weighted by molar-refractivity contribution is 7.51. The Hall–Kier alpha value is -0.380. The Kier molecular flexibility index (Phi) is 4.33. The van der Waals surface area contributed by atoms with E-state index in [1.807, 2.05) is 6.92 Å². The minimum atomic E-state index is -3.61. The van der Waals surface area contributed by atoms with Crippen molar-refractivity contribution in [2.45, 2.75) is 20.3 Å². The van der Waals surface area contributed by atoms with Gasteiger partial charge in [0, 0.05) is 6.92 Å². The summed E-state index contributed by atoms with van der Waals surface area (Å²) in [6.07, 6.45) is 0.669. The molecule has 11 heavy (non-hydrogen) atoms. The normalized spacial score (nSPS) is 15.5. The van der Waals surface area contributed by atoms with Crippen LogP contribution in [-0.2, 0) is 18.4 Å². The maximum Gasteiger partial charge on any atom is 0.458 e. The lowest BCUT2D eigenvalue weighted by Gasteiger charge is -2.10. The van der Waals surface area contributed by atoms with E-state index >= 15 is 0 Å². The van der Waals surface area contributed by atoms with Crippen molar-refractivity contribution in [1.82, 2.24) is 0 Å². The summed E-state index contributed by atoms with van der Waals surface area (Å²) in [5, 5.41) is 0. The molecule has 1 unspecified atom stereocenters. The fourth-order valence-corrected chi connectivity index (χ4v) is 1.27. The maximum absolute atomic E-state index is 10.9. The quantitative estimate of drug-likeness (QED) is 0.655. The van der Waals surface area contributed by atoms with E-state index in [9.17, 15) is 9.36 Å². The zero-order valence-corrected chi connectivity index (χ0v) is 7.47. The number of hydrogen-bond acceptors (Lipinski definition) is 4. The van der Waals surface area contributed by atoms with Crippen molar-refractivity contribution in [2.75, 3.05) is 6.61 Å². The molecule has 0 aliphatic heterocycles. The molecule has 0 fully saturated rings. The zero-order chi connectivity index (χ0) is 8.91. The predicted octanol–water partition coefficient (Wildman–Crippen LogP) is 1.04. The number of carbonyl (C=O) groups excluding carboxylic acids is 1. The molecule has 66 valence electrons. The Balaban J connectivity index is 3.80. The van der Waals surface area contributed by atoms with Crippen molar-refractivity contribution in [3.63, 3.8) is 0 Å². The fraction of sp³-hybridized carbons (Fsp3) is 0.800. The summed E-state index contributed by atoms with van der Waals surface area (Å²) >= 11 is 0. The van der Waals surface area contributed by atoms with Crippen molar-refractivity contribution < 1.29 is 18.4 Å². The lowest BCUT2D eigenvalue weighted by atomic mass is 10.5. The molecule has 0 heterocycles. The van der Waals surface area contributed by atoms with E-state index in [2.05, 4.69) is 9.05 Å². The summed E-state index contributed by atoms with van der Waals surface area (Å²) in [5.74, 6) is -0.702. The summed E-state index contributed by atoms with van der Waals surface area (Å²) < 4.78 is 19.7. The molecular weight excluding hydrogens is 169 g/mol. The van der Waals surface area contributed by atoms with Crippen LogP contribution in [-0.4, -0.2) is 12.6 Å². The van der Waals surface area contributed by atoms with E-state index in [1.54, 1.807) is 0 Å². The van der Waals surface area contributed by atoms with Gasteiger partial charge in [0.15, 0.2) is 0 Å². The van der Waals surface area contributed by atoms with Gasteiger partial charge in [0.25, 0.3) is 0 Å². The molecule has 0 spiro atoms. The second-order valence-electron chi connectivity index (χ2n) is 1.96. The Morgan fingerprint density at radius 1 is 1.64 bits per heavy atom. The van der Waals surface area contributed by atoms with Gasteiger partial charge in [-0.25, -0.2) is 10.1 Å². The van der Waals surface area contributed by atoms with E-state index in [0.717, 1.165) is 6.92 Å². The van der Waals surface area contributed by atoms with E-state index in [0.29, 0.717) is 6.42 Å². The van der Waals surface area contributed by atoms with Crippen molar-refractivity contribution in [3.05, 3.63) is 0 Å². The van der Waals surface area contributed by atoms with Crippen LogP contribution in [0.15, 0.2) is 0 Å². The van der Waals surface area contributed by atoms with Crippen LogP contribution in [0.2, 0.25) is 0 Å². The molecule has 0 aliphatic carbocycles. The van der Waals surface area contributed by atoms with Crippen LogP contribution in [0.4, 0.5) is 0 Å². The van der Waals surface area contributed by atoms with Crippen LogP contribution in [0.25, 0.3) is 0 Å². The second-order valence-corrected chi connectivity index (χ2v) is 3.48. The summed E-state index contributed by atoms with van der Waals surface area (Å²) in [5.41, 5.74) is 4.99. The topological polar surface area (TPSA) is 78.6 Å². The molecule has 0 aromatic carbocycles. The zero-order valence-electron chi connectivity index (χ0n) is 6.57. The molecule has 0 aliphatic rings. The van der Waals surface area contributed by atoms with Gasteiger partial charge >= 0.3 is 13.7 Å². The number of carbonyl (C=O) groups is 1. The highest BCUT2D eigenvalue weighted by Crippen LogP contribution is 2.38.